The molecule has 1 atom stereocenters. The zero-order valence-electron chi connectivity index (χ0n) is 12.3. The first-order valence-electron chi connectivity index (χ1n) is 7.15. The third kappa shape index (κ3) is 2.81. The van der Waals surface area contributed by atoms with E-state index in [9.17, 15) is 0 Å². The Morgan fingerprint density at radius 1 is 1.38 bits per heavy atom. The predicted octanol–water partition coefficient (Wildman–Crippen LogP) is 3.53. The molecule has 0 bridgehead atoms. The van der Waals surface area contributed by atoms with Gasteiger partial charge in [-0.3, -0.25) is 4.68 Å². The molecule has 0 spiro atoms. The highest BCUT2D eigenvalue weighted by Gasteiger charge is 2.13. The number of thioether (sulfide) groups is 1. The van der Waals surface area contributed by atoms with Crippen molar-refractivity contribution in [2.75, 3.05) is 12.0 Å². The molecule has 0 aromatic carbocycles. The van der Waals surface area contributed by atoms with Gasteiger partial charge in [-0.2, -0.15) is 16.9 Å². The molecule has 1 N–H and O–H groups in total. The Balaban J connectivity index is 1.92. The first-order chi connectivity index (χ1) is 10.3. The first-order valence-corrected chi connectivity index (χ1v) is 8.54. The summed E-state index contributed by atoms with van der Waals surface area (Å²) >= 11 is 1.88. The standard InChI is InChI=1S/C15H19N5S/c1-3-12(5-7-21-2)20-9-11(8-19-20)14-13-4-6-16-15(13)18-10-17-14/h4,6,8-10,12H,3,5,7H2,1-2H3,(H,16,17,18). The minimum Gasteiger partial charge on any atom is -0.346 e. The van der Waals surface area contributed by atoms with Gasteiger partial charge in [0, 0.05) is 23.3 Å². The van der Waals surface area contributed by atoms with Gasteiger partial charge in [-0.05, 0) is 30.9 Å². The van der Waals surface area contributed by atoms with Crippen LogP contribution in [0.5, 0.6) is 0 Å². The van der Waals surface area contributed by atoms with Gasteiger partial charge in [0.25, 0.3) is 0 Å². The van der Waals surface area contributed by atoms with E-state index in [1.807, 2.05) is 30.2 Å². The van der Waals surface area contributed by atoms with Crippen LogP contribution in [0.25, 0.3) is 22.3 Å². The lowest BCUT2D eigenvalue weighted by Gasteiger charge is -2.14. The average molecular weight is 301 g/mol. The van der Waals surface area contributed by atoms with Crippen LogP contribution in [0.3, 0.4) is 0 Å². The molecule has 0 aliphatic carbocycles. The number of fused-ring (bicyclic) bond motifs is 1. The summed E-state index contributed by atoms with van der Waals surface area (Å²) in [5, 5.41) is 5.58. The molecule has 0 aliphatic heterocycles. The molecule has 5 nitrogen and oxygen atoms in total. The van der Waals surface area contributed by atoms with Crippen LogP contribution in [-0.4, -0.2) is 36.7 Å². The Bertz CT molecular complexity index is 718. The molecule has 3 rings (SSSR count). The van der Waals surface area contributed by atoms with Crippen LogP contribution in [0.4, 0.5) is 0 Å². The Labute approximate surface area is 128 Å². The summed E-state index contributed by atoms with van der Waals surface area (Å²) < 4.78 is 2.08. The van der Waals surface area contributed by atoms with E-state index in [0.717, 1.165) is 40.9 Å². The zero-order chi connectivity index (χ0) is 14.7. The number of nitrogens with zero attached hydrogens (tertiary/aromatic N) is 4. The fourth-order valence-corrected chi connectivity index (χ4v) is 3.05. The van der Waals surface area contributed by atoms with E-state index in [1.54, 1.807) is 6.33 Å². The highest BCUT2D eigenvalue weighted by molar-refractivity contribution is 7.98. The van der Waals surface area contributed by atoms with Crippen LogP contribution in [0, 0.1) is 0 Å². The summed E-state index contributed by atoms with van der Waals surface area (Å²) in [5.74, 6) is 1.16. The zero-order valence-corrected chi connectivity index (χ0v) is 13.1. The lowest BCUT2D eigenvalue weighted by molar-refractivity contribution is 0.431. The van der Waals surface area contributed by atoms with Gasteiger partial charge >= 0.3 is 0 Å². The van der Waals surface area contributed by atoms with Crippen molar-refractivity contribution in [2.45, 2.75) is 25.8 Å². The quantitative estimate of drug-likeness (QED) is 0.756. The van der Waals surface area contributed by atoms with Gasteiger partial charge in [0.1, 0.15) is 12.0 Å². The number of aromatic nitrogens is 5. The normalized spacial score (nSPS) is 12.9. The third-order valence-corrected chi connectivity index (χ3v) is 4.37. The Kier molecular flexibility index (Phi) is 4.24. The van der Waals surface area contributed by atoms with Gasteiger partial charge in [0.15, 0.2) is 0 Å². The molecule has 0 saturated carbocycles. The molecule has 0 fully saturated rings. The summed E-state index contributed by atoms with van der Waals surface area (Å²) in [7, 11) is 0. The summed E-state index contributed by atoms with van der Waals surface area (Å²) in [6, 6.07) is 2.46. The monoisotopic (exact) mass is 301 g/mol. The lowest BCUT2D eigenvalue weighted by atomic mass is 10.1. The molecule has 3 aromatic rings. The molecular formula is C15H19N5S. The summed E-state index contributed by atoms with van der Waals surface area (Å²) in [6.45, 7) is 2.21. The topological polar surface area (TPSA) is 59.4 Å². The van der Waals surface area contributed by atoms with Gasteiger partial charge in [0.05, 0.1) is 17.9 Å². The lowest BCUT2D eigenvalue weighted by Crippen LogP contribution is -2.09. The molecule has 0 saturated heterocycles. The van der Waals surface area contributed by atoms with Crippen LogP contribution in [-0.2, 0) is 0 Å². The molecule has 0 aliphatic rings. The summed E-state index contributed by atoms with van der Waals surface area (Å²) in [5.41, 5.74) is 2.85. The smallest absolute Gasteiger partial charge is 0.141 e. The van der Waals surface area contributed by atoms with E-state index in [-0.39, 0.29) is 0 Å². The highest BCUT2D eigenvalue weighted by Crippen LogP contribution is 2.26. The molecule has 0 radical (unpaired) electrons. The second kappa shape index (κ2) is 6.30. The van der Waals surface area contributed by atoms with Crippen molar-refractivity contribution < 1.29 is 0 Å². The van der Waals surface area contributed by atoms with Crippen molar-refractivity contribution in [1.82, 2.24) is 24.7 Å². The molecule has 3 aromatic heterocycles. The maximum Gasteiger partial charge on any atom is 0.141 e. The number of H-pyrrole nitrogens is 1. The number of aromatic amines is 1. The van der Waals surface area contributed by atoms with Crippen molar-refractivity contribution in [3.63, 3.8) is 0 Å². The van der Waals surface area contributed by atoms with E-state index >= 15 is 0 Å². The Morgan fingerprint density at radius 3 is 3.10 bits per heavy atom. The summed E-state index contributed by atoms with van der Waals surface area (Å²) in [6.07, 6.45) is 11.9. The van der Waals surface area contributed by atoms with E-state index in [1.165, 1.54) is 0 Å². The van der Waals surface area contributed by atoms with Gasteiger partial charge < -0.3 is 4.98 Å². The number of rotatable bonds is 6. The van der Waals surface area contributed by atoms with Crippen LogP contribution in [0.15, 0.2) is 31.0 Å². The SMILES string of the molecule is CCC(CCSC)n1cc(-c2ncnc3[nH]ccc23)cn1. The molecule has 6 heteroatoms. The largest absolute Gasteiger partial charge is 0.346 e. The number of hydrogen-bond acceptors (Lipinski definition) is 4. The average Bonchev–Trinajstić information content (AvgIpc) is 3.16. The fraction of sp³-hybridized carbons (Fsp3) is 0.400. The van der Waals surface area contributed by atoms with E-state index in [4.69, 9.17) is 0 Å². The van der Waals surface area contributed by atoms with Gasteiger partial charge in [-0.1, -0.05) is 6.92 Å². The first kappa shape index (κ1) is 14.1. The second-order valence-corrected chi connectivity index (χ2v) is 6.00. The second-order valence-electron chi connectivity index (χ2n) is 5.01. The predicted molar refractivity (Wildman–Crippen MR) is 87.4 cm³/mol. The maximum atomic E-state index is 4.54. The van der Waals surface area contributed by atoms with Gasteiger partial charge in [0.2, 0.25) is 0 Å². The van der Waals surface area contributed by atoms with Crippen molar-refractivity contribution in [3.8, 4) is 11.3 Å². The third-order valence-electron chi connectivity index (χ3n) is 3.73. The number of nitrogens with one attached hydrogen (secondary N) is 1. The maximum absolute atomic E-state index is 4.54. The molecular weight excluding hydrogens is 282 g/mol. The van der Waals surface area contributed by atoms with E-state index in [2.05, 4.69) is 44.1 Å². The number of hydrogen-bond donors (Lipinski definition) is 1. The molecule has 110 valence electrons. The fourth-order valence-electron chi connectivity index (χ4n) is 2.54. The van der Waals surface area contributed by atoms with Gasteiger partial charge in [-0.25, -0.2) is 9.97 Å². The molecule has 0 amide bonds. The van der Waals surface area contributed by atoms with Crippen LogP contribution < -0.4 is 0 Å². The van der Waals surface area contributed by atoms with Gasteiger partial charge in [-0.15, -0.1) is 0 Å². The minimum atomic E-state index is 0.453. The Morgan fingerprint density at radius 2 is 2.29 bits per heavy atom. The molecule has 21 heavy (non-hydrogen) atoms. The molecule has 3 heterocycles. The van der Waals surface area contributed by atoms with E-state index in [0.29, 0.717) is 6.04 Å². The van der Waals surface area contributed by atoms with Crippen molar-refractivity contribution >= 4 is 22.8 Å². The van der Waals surface area contributed by atoms with Crippen LogP contribution in [0.2, 0.25) is 0 Å². The van der Waals surface area contributed by atoms with Crippen LogP contribution in [0.1, 0.15) is 25.8 Å². The minimum absolute atomic E-state index is 0.453. The van der Waals surface area contributed by atoms with Crippen LogP contribution >= 0.6 is 11.8 Å². The van der Waals surface area contributed by atoms with Crippen molar-refractivity contribution in [3.05, 3.63) is 31.0 Å². The molecule has 1 unspecified atom stereocenters. The van der Waals surface area contributed by atoms with E-state index < -0.39 is 0 Å². The van der Waals surface area contributed by atoms with Crippen molar-refractivity contribution in [2.24, 2.45) is 0 Å². The highest BCUT2D eigenvalue weighted by atomic mass is 32.2. The van der Waals surface area contributed by atoms with Crippen molar-refractivity contribution in [1.29, 1.82) is 0 Å². The Hall–Kier alpha value is -1.82. The summed E-state index contributed by atoms with van der Waals surface area (Å²) in [4.78, 5) is 11.8.